The summed E-state index contributed by atoms with van der Waals surface area (Å²) in [6.45, 7) is 1.62. The van der Waals surface area contributed by atoms with Gasteiger partial charge in [0.2, 0.25) is 0 Å². The lowest BCUT2D eigenvalue weighted by Crippen LogP contribution is -2.48. The van der Waals surface area contributed by atoms with Crippen LogP contribution in [0.2, 0.25) is 0 Å². The van der Waals surface area contributed by atoms with Crippen molar-refractivity contribution in [1.29, 1.82) is 0 Å². The molecule has 0 aromatic heterocycles. The number of carbonyl (C=O) groups is 1. The van der Waals surface area contributed by atoms with Crippen molar-refractivity contribution in [3.05, 3.63) is 102 Å². The van der Waals surface area contributed by atoms with Gasteiger partial charge in [-0.15, -0.1) is 12.4 Å². The lowest BCUT2D eigenvalue weighted by atomic mass is 9.72. The monoisotopic (exact) mass is 449 g/mol. The Kier molecular flexibility index (Phi) is 7.73. The van der Waals surface area contributed by atoms with E-state index in [4.69, 9.17) is 0 Å². The first-order valence-corrected chi connectivity index (χ1v) is 10.9. The van der Waals surface area contributed by atoms with Crippen molar-refractivity contribution in [2.24, 2.45) is 0 Å². The number of hydrazine groups is 1. The van der Waals surface area contributed by atoms with E-state index in [0.29, 0.717) is 6.54 Å². The van der Waals surface area contributed by atoms with Crippen molar-refractivity contribution in [3.63, 3.8) is 0 Å². The molecule has 4 nitrogen and oxygen atoms in total. The third-order valence-electron chi connectivity index (χ3n) is 6.17. The zero-order valence-electron chi connectivity index (χ0n) is 19.1. The molecule has 3 aromatic carbocycles. The molecule has 0 N–H and O–H groups in total. The van der Waals surface area contributed by atoms with Crippen molar-refractivity contribution in [3.8, 4) is 0 Å². The molecule has 0 aliphatic carbocycles. The highest BCUT2D eigenvalue weighted by molar-refractivity contribution is 6.09. The number of amides is 1. The number of nitrogens with zero attached hydrogens (tertiary/aromatic N) is 3. The van der Waals surface area contributed by atoms with Gasteiger partial charge in [0, 0.05) is 13.6 Å². The zero-order valence-corrected chi connectivity index (χ0v) is 19.9. The van der Waals surface area contributed by atoms with Crippen LogP contribution in [0.15, 0.2) is 84.9 Å². The second kappa shape index (κ2) is 10.3. The number of hydrogen-bond acceptors (Lipinski definition) is 3. The predicted octanol–water partition coefficient (Wildman–Crippen LogP) is 5.13. The molecule has 1 aliphatic rings. The van der Waals surface area contributed by atoms with Gasteiger partial charge in [-0.05, 0) is 56.2 Å². The largest absolute Gasteiger partial charge is 0.309 e. The van der Waals surface area contributed by atoms with Crippen LogP contribution in [0.4, 0.5) is 5.69 Å². The van der Waals surface area contributed by atoms with Gasteiger partial charge < -0.3 is 4.90 Å². The molecule has 1 amide bonds. The highest BCUT2D eigenvalue weighted by atomic mass is 35.5. The van der Waals surface area contributed by atoms with Crippen molar-refractivity contribution < 1.29 is 4.79 Å². The normalized spacial score (nSPS) is 17.5. The summed E-state index contributed by atoms with van der Waals surface area (Å²) in [5.74, 6) is 0.136. The van der Waals surface area contributed by atoms with Gasteiger partial charge in [-0.25, -0.2) is 10.0 Å². The maximum Gasteiger partial charge on any atom is 0.256 e. The summed E-state index contributed by atoms with van der Waals surface area (Å²) in [5.41, 5.74) is 3.67. The van der Waals surface area contributed by atoms with Gasteiger partial charge in [0.05, 0.1) is 5.69 Å². The summed E-state index contributed by atoms with van der Waals surface area (Å²) in [6, 6.07) is 28.9. The number of hydrogen-bond donors (Lipinski definition) is 0. The van der Waals surface area contributed by atoms with Crippen LogP contribution in [0, 0.1) is 0 Å². The molecule has 1 atom stereocenters. The van der Waals surface area contributed by atoms with Gasteiger partial charge in [-0.1, -0.05) is 78.9 Å². The fraction of sp³-hybridized carbons (Fsp3) is 0.296. The van der Waals surface area contributed by atoms with Crippen LogP contribution < -0.4 is 5.01 Å². The van der Waals surface area contributed by atoms with E-state index in [1.54, 1.807) is 0 Å². The molecule has 0 saturated carbocycles. The maximum absolute atomic E-state index is 14.3. The molecule has 1 heterocycles. The Labute approximate surface area is 197 Å². The van der Waals surface area contributed by atoms with Gasteiger partial charge in [0.25, 0.3) is 5.91 Å². The number of para-hydroxylation sites is 1. The van der Waals surface area contributed by atoms with Gasteiger partial charge in [-0.2, -0.15) is 0 Å². The molecule has 5 heteroatoms. The van der Waals surface area contributed by atoms with Crippen LogP contribution >= 0.6 is 12.4 Å². The van der Waals surface area contributed by atoms with E-state index in [-0.39, 0.29) is 18.3 Å². The lowest BCUT2D eigenvalue weighted by molar-refractivity contribution is -0.124. The third-order valence-corrected chi connectivity index (χ3v) is 6.17. The first-order valence-electron chi connectivity index (χ1n) is 10.9. The number of rotatable bonds is 8. The molecule has 168 valence electrons. The van der Waals surface area contributed by atoms with Crippen molar-refractivity contribution in [2.45, 2.75) is 24.8 Å². The van der Waals surface area contributed by atoms with Crippen LogP contribution in [0.1, 0.15) is 29.5 Å². The smallest absolute Gasteiger partial charge is 0.256 e. The van der Waals surface area contributed by atoms with Crippen LogP contribution in [0.3, 0.4) is 0 Å². The lowest BCUT2D eigenvalue weighted by Gasteiger charge is -2.33. The van der Waals surface area contributed by atoms with E-state index in [9.17, 15) is 4.79 Å². The van der Waals surface area contributed by atoms with E-state index < -0.39 is 5.41 Å². The third kappa shape index (κ3) is 4.44. The molecule has 1 unspecified atom stereocenters. The molecule has 0 spiro atoms. The summed E-state index contributed by atoms with van der Waals surface area (Å²) >= 11 is 0. The second-order valence-electron chi connectivity index (χ2n) is 8.61. The van der Waals surface area contributed by atoms with Gasteiger partial charge in [0.1, 0.15) is 5.41 Å². The average Bonchev–Trinajstić information content (AvgIpc) is 3.03. The number of benzene rings is 3. The fourth-order valence-electron chi connectivity index (χ4n) is 4.73. The summed E-state index contributed by atoms with van der Waals surface area (Å²) in [4.78, 5) is 16.4. The van der Waals surface area contributed by atoms with Crippen LogP contribution in [-0.2, 0) is 16.8 Å². The van der Waals surface area contributed by atoms with E-state index in [1.165, 1.54) is 5.56 Å². The maximum atomic E-state index is 14.3. The fourth-order valence-corrected chi connectivity index (χ4v) is 4.73. The van der Waals surface area contributed by atoms with Crippen LogP contribution in [0.5, 0.6) is 0 Å². The Morgan fingerprint density at radius 1 is 0.812 bits per heavy atom. The molecule has 32 heavy (non-hydrogen) atoms. The molecule has 0 radical (unpaired) electrons. The summed E-state index contributed by atoms with van der Waals surface area (Å²) < 4.78 is 0. The zero-order chi connectivity index (χ0) is 21.8. The van der Waals surface area contributed by atoms with E-state index >= 15 is 0 Å². The van der Waals surface area contributed by atoms with Gasteiger partial charge in [0.15, 0.2) is 0 Å². The first-order chi connectivity index (χ1) is 15.0. The van der Waals surface area contributed by atoms with E-state index in [2.05, 4.69) is 61.5 Å². The van der Waals surface area contributed by atoms with Crippen LogP contribution in [0.25, 0.3) is 0 Å². The van der Waals surface area contributed by atoms with Gasteiger partial charge in [-0.3, -0.25) is 4.79 Å². The predicted molar refractivity (Wildman–Crippen MR) is 134 cm³/mol. The molecule has 0 bridgehead atoms. The Bertz CT molecular complexity index is 1030. The minimum atomic E-state index is -0.668. The second-order valence-corrected chi connectivity index (χ2v) is 8.61. The Morgan fingerprint density at radius 3 is 2.06 bits per heavy atom. The molecule has 0 saturated heterocycles. The number of anilines is 1. The number of carbonyl (C=O) groups excluding carboxylic acids is 1. The molecule has 0 fully saturated rings. The average molecular weight is 450 g/mol. The highest BCUT2D eigenvalue weighted by Gasteiger charge is 2.52. The minimum Gasteiger partial charge on any atom is -0.309 e. The number of halogens is 1. The SMILES string of the molecule is CN(C)CCCC1(c2ccccc2)C(=O)N(N(C)Cc2ccccc2)c2ccccc21.Cl. The van der Waals surface area contributed by atoms with E-state index in [0.717, 1.165) is 36.2 Å². The molecular formula is C27H32ClN3O. The Hall–Kier alpha value is -2.66. The Balaban J connectivity index is 0.00000289. The standard InChI is InChI=1S/C27H31N3O.ClH/c1-28(2)20-12-19-27(23-15-8-5-9-16-23)24-17-10-11-18-25(24)30(26(27)31)29(3)21-22-13-6-4-7-14-22;/h4-11,13-18H,12,19-21H2,1-3H3;1H. The first kappa shape index (κ1) is 24.0. The quantitative estimate of drug-likeness (QED) is 0.477. The summed E-state index contributed by atoms with van der Waals surface area (Å²) in [7, 11) is 6.17. The Morgan fingerprint density at radius 2 is 1.41 bits per heavy atom. The summed E-state index contributed by atoms with van der Waals surface area (Å²) in [5, 5.41) is 3.94. The highest BCUT2D eigenvalue weighted by Crippen LogP contribution is 2.49. The van der Waals surface area contributed by atoms with Crippen molar-refractivity contribution in [1.82, 2.24) is 9.91 Å². The van der Waals surface area contributed by atoms with Gasteiger partial charge >= 0.3 is 0 Å². The molecular weight excluding hydrogens is 418 g/mol. The van der Waals surface area contributed by atoms with Crippen LogP contribution in [-0.4, -0.2) is 43.5 Å². The number of fused-ring (bicyclic) bond motifs is 1. The molecule has 3 aromatic rings. The van der Waals surface area contributed by atoms with E-state index in [1.807, 2.05) is 59.5 Å². The minimum absolute atomic E-state index is 0. The molecule has 4 rings (SSSR count). The van der Waals surface area contributed by atoms with Crippen molar-refractivity contribution in [2.75, 3.05) is 32.7 Å². The van der Waals surface area contributed by atoms with Crippen molar-refractivity contribution >= 4 is 24.0 Å². The molecule has 1 aliphatic heterocycles. The topological polar surface area (TPSA) is 26.8 Å². The summed E-state index contributed by atoms with van der Waals surface area (Å²) in [6.07, 6.45) is 1.72.